The highest BCUT2D eigenvalue weighted by atomic mass is 16.6. The van der Waals surface area contributed by atoms with Crippen LogP contribution >= 0.6 is 0 Å². The van der Waals surface area contributed by atoms with Gasteiger partial charge in [-0.25, -0.2) is 24.0 Å². The Hall–Kier alpha value is -7.07. The molecule has 75 heavy (non-hydrogen) atoms. The lowest BCUT2D eigenvalue weighted by molar-refractivity contribution is -0.156. The molecule has 0 amide bonds. The van der Waals surface area contributed by atoms with Crippen LogP contribution in [0.3, 0.4) is 0 Å². The van der Waals surface area contributed by atoms with Gasteiger partial charge in [-0.15, -0.1) is 0 Å². The third-order valence-electron chi connectivity index (χ3n) is 14.1. The van der Waals surface area contributed by atoms with Crippen molar-refractivity contribution in [3.8, 4) is 11.1 Å². The van der Waals surface area contributed by atoms with Gasteiger partial charge in [-0.2, -0.15) is 0 Å². The van der Waals surface area contributed by atoms with E-state index < -0.39 is 28.0 Å². The van der Waals surface area contributed by atoms with Crippen LogP contribution in [0.1, 0.15) is 156 Å². The molecule has 2 unspecified atom stereocenters. The molecular weight excluding hydrogens is 941 g/mol. The van der Waals surface area contributed by atoms with Crippen LogP contribution in [0, 0.1) is 0 Å². The van der Waals surface area contributed by atoms with Gasteiger partial charge in [0.25, 0.3) is 0 Å². The smallest absolute Gasteiger partial charge is 0.334 e. The van der Waals surface area contributed by atoms with Gasteiger partial charge < -0.3 is 23.7 Å². The van der Waals surface area contributed by atoms with Gasteiger partial charge in [-0.3, -0.25) is 0 Å². The fourth-order valence-corrected chi connectivity index (χ4v) is 9.46. The number of esters is 5. The first-order valence-corrected chi connectivity index (χ1v) is 26.0. The highest BCUT2D eigenvalue weighted by Gasteiger charge is 2.43. The molecule has 3 saturated carbocycles. The number of hydrogen-bond donors (Lipinski definition) is 0. The Balaban J connectivity index is 0.000000206. The molecule has 3 aromatic carbocycles. The van der Waals surface area contributed by atoms with Gasteiger partial charge in [0.05, 0.1) is 0 Å². The van der Waals surface area contributed by atoms with Gasteiger partial charge in [0.2, 0.25) is 0 Å². The number of carbonyl (C=O) groups is 5. The molecule has 5 aliphatic carbocycles. The molecule has 10 nitrogen and oxygen atoms in total. The predicted molar refractivity (Wildman–Crippen MR) is 299 cm³/mol. The molecule has 0 bridgehead atoms. The van der Waals surface area contributed by atoms with E-state index in [-0.39, 0.29) is 29.8 Å². The van der Waals surface area contributed by atoms with Crippen LogP contribution in [-0.2, 0) is 58.9 Å². The van der Waals surface area contributed by atoms with Crippen LogP contribution in [0.5, 0.6) is 0 Å². The molecular formula is C65H80O10. The van der Waals surface area contributed by atoms with Crippen molar-refractivity contribution in [2.45, 2.75) is 167 Å². The second kappa shape index (κ2) is 26.4. The van der Waals surface area contributed by atoms with Gasteiger partial charge in [0.15, 0.2) is 5.60 Å². The molecule has 0 heterocycles. The Morgan fingerprint density at radius 3 is 1.36 bits per heavy atom. The van der Waals surface area contributed by atoms with E-state index in [0.717, 1.165) is 117 Å². The molecule has 2 atom stereocenters. The second-order valence-electron chi connectivity index (χ2n) is 21.0. The Bertz CT molecular complexity index is 2610. The van der Waals surface area contributed by atoms with Gasteiger partial charge in [-0.05, 0) is 173 Å². The molecule has 0 aromatic heterocycles. The first-order chi connectivity index (χ1) is 35.3. The summed E-state index contributed by atoms with van der Waals surface area (Å²) in [5, 5.41) is 0. The van der Waals surface area contributed by atoms with Crippen LogP contribution in [0.4, 0.5) is 0 Å². The summed E-state index contributed by atoms with van der Waals surface area (Å²) in [5.41, 5.74) is 6.23. The quantitative estimate of drug-likeness (QED) is 0.0747. The number of allylic oxidation sites excluding steroid dienone is 1. The van der Waals surface area contributed by atoms with E-state index in [1.54, 1.807) is 40.7 Å². The van der Waals surface area contributed by atoms with Crippen molar-refractivity contribution < 1.29 is 47.7 Å². The lowest BCUT2D eigenvalue weighted by Gasteiger charge is -2.29. The molecule has 3 aromatic rings. The molecule has 0 spiro atoms. The van der Waals surface area contributed by atoms with Crippen molar-refractivity contribution in [3.63, 3.8) is 0 Å². The molecule has 10 heteroatoms. The van der Waals surface area contributed by atoms with Gasteiger partial charge >= 0.3 is 29.8 Å². The predicted octanol–water partition coefficient (Wildman–Crippen LogP) is 15.0. The molecule has 0 radical (unpaired) electrons. The molecule has 0 aliphatic heterocycles. The molecule has 0 saturated heterocycles. The SMILES string of the molecule is C=C(C)C(=O)OC1(C)C=CCC1.C=C(C)C(=O)OC1(C)CCCC1=C.C=C(C)C(=O)OC1(C)c2ccccc2-c2ccccc21.C=C(C)C(=O)OC1(c2ccccc2)CCCC1.C=CC1(OC(=O)C(=C)C)CCCC1. The van der Waals surface area contributed by atoms with Crippen molar-refractivity contribution in [1.29, 1.82) is 0 Å². The van der Waals surface area contributed by atoms with E-state index >= 15 is 0 Å². The molecule has 5 aliphatic rings. The normalized spacial score (nSPS) is 20.3. The van der Waals surface area contributed by atoms with Crippen molar-refractivity contribution in [3.05, 3.63) is 193 Å². The van der Waals surface area contributed by atoms with Crippen LogP contribution in [-0.4, -0.2) is 46.6 Å². The lowest BCUT2D eigenvalue weighted by Crippen LogP contribution is -2.29. The van der Waals surface area contributed by atoms with Crippen molar-refractivity contribution in [2.75, 3.05) is 0 Å². The van der Waals surface area contributed by atoms with Crippen molar-refractivity contribution in [1.82, 2.24) is 0 Å². The third kappa shape index (κ3) is 16.0. The topological polar surface area (TPSA) is 132 Å². The van der Waals surface area contributed by atoms with E-state index in [2.05, 4.69) is 58.2 Å². The van der Waals surface area contributed by atoms with Gasteiger partial charge in [0, 0.05) is 39.0 Å². The highest BCUT2D eigenvalue weighted by molar-refractivity contribution is 5.90. The summed E-state index contributed by atoms with van der Waals surface area (Å²) in [6.07, 6.45) is 18.5. The Morgan fingerprint density at radius 1 is 0.493 bits per heavy atom. The van der Waals surface area contributed by atoms with Gasteiger partial charge in [0.1, 0.15) is 22.4 Å². The number of fused-ring (bicyclic) bond motifs is 3. The summed E-state index contributed by atoms with van der Waals surface area (Å²) in [5.74, 6) is -1.56. The van der Waals surface area contributed by atoms with E-state index in [0.29, 0.717) is 27.9 Å². The summed E-state index contributed by atoms with van der Waals surface area (Å²) in [4.78, 5) is 57.5. The third-order valence-corrected chi connectivity index (χ3v) is 14.1. The van der Waals surface area contributed by atoms with E-state index in [4.69, 9.17) is 23.7 Å². The number of ether oxygens (including phenoxy) is 5. The maximum absolute atomic E-state index is 12.0. The van der Waals surface area contributed by atoms with Crippen LogP contribution in [0.2, 0.25) is 0 Å². The van der Waals surface area contributed by atoms with Gasteiger partial charge in [-0.1, -0.05) is 131 Å². The molecule has 0 N–H and O–H groups in total. The second-order valence-corrected chi connectivity index (χ2v) is 21.0. The minimum absolute atomic E-state index is 0.282. The average molecular weight is 1020 g/mol. The Morgan fingerprint density at radius 2 is 0.920 bits per heavy atom. The zero-order chi connectivity index (χ0) is 55.8. The number of benzene rings is 3. The lowest BCUT2D eigenvalue weighted by atomic mass is 9.92. The highest BCUT2D eigenvalue weighted by Crippen LogP contribution is 2.49. The molecule has 3 fully saturated rings. The maximum atomic E-state index is 12.0. The first-order valence-electron chi connectivity index (χ1n) is 26.0. The van der Waals surface area contributed by atoms with E-state index in [1.807, 2.05) is 99.7 Å². The Labute approximate surface area is 447 Å². The van der Waals surface area contributed by atoms with E-state index in [9.17, 15) is 24.0 Å². The summed E-state index contributed by atoms with van der Waals surface area (Å²) >= 11 is 0. The molecule has 8 rings (SSSR count). The number of hydrogen-bond acceptors (Lipinski definition) is 10. The van der Waals surface area contributed by atoms with Crippen LogP contribution in [0.25, 0.3) is 11.1 Å². The number of rotatable bonds is 12. The summed E-state index contributed by atoms with van der Waals surface area (Å²) in [7, 11) is 0. The standard InChI is InChI=1S/C18H16O2.C15H18O2.2C11H16O2.C10H14O2/c1-12(2)17(19)20-18(3)15-10-6-4-8-13(15)14-9-5-7-11-16(14)18;1-12(2)14(16)17-15(10-6-7-11-15)13-8-4-3-5-9-13;1-8(2)10(12)13-11(4)7-5-6-9(11)3;1-4-11(7-5-6-8-11)13-10(12)9(2)3;1-8(2)9(11)12-10(3)6-4-5-7-10/h4-11H,1H2,2-3H3;3-5,8-9H,1,6-7,10-11H2,2H3;1,3,5-7H2,2,4H3;4H,1-2,5-8H2,3H3;4,6H,1,5,7H2,2-3H3. The summed E-state index contributed by atoms with van der Waals surface area (Å²) in [6.45, 7) is 39.7. The summed E-state index contributed by atoms with van der Waals surface area (Å²) in [6, 6.07) is 26.1. The number of carbonyl (C=O) groups excluding carboxylic acids is 5. The minimum atomic E-state index is -0.747. The van der Waals surface area contributed by atoms with E-state index in [1.165, 1.54) is 0 Å². The molecule has 400 valence electrons. The monoisotopic (exact) mass is 1020 g/mol. The Kier molecular flexibility index (Phi) is 21.3. The zero-order valence-corrected chi connectivity index (χ0v) is 46.0. The van der Waals surface area contributed by atoms with Crippen LogP contribution < -0.4 is 0 Å². The van der Waals surface area contributed by atoms with Crippen LogP contribution in [0.15, 0.2) is 177 Å². The van der Waals surface area contributed by atoms with Crippen molar-refractivity contribution in [2.24, 2.45) is 0 Å². The minimum Gasteiger partial charge on any atom is -0.452 e. The fourth-order valence-electron chi connectivity index (χ4n) is 9.46. The average Bonchev–Trinajstić information content (AvgIpc) is 4.24. The fraction of sp³-hybridized carbons (Fsp3) is 0.400. The van der Waals surface area contributed by atoms with Crippen molar-refractivity contribution >= 4 is 29.8 Å². The largest absolute Gasteiger partial charge is 0.452 e. The maximum Gasteiger partial charge on any atom is 0.334 e. The first kappa shape index (κ1) is 60.5. The summed E-state index contributed by atoms with van der Waals surface area (Å²) < 4.78 is 27.4. The zero-order valence-electron chi connectivity index (χ0n) is 46.0.